The van der Waals surface area contributed by atoms with Crippen LogP contribution in [0.1, 0.15) is 56.1 Å². The highest BCUT2D eigenvalue weighted by atomic mass is 16.4. The maximum atomic E-state index is 13.4. The number of nitrogens with one attached hydrogen (secondary N) is 4. The average molecular weight is 634 g/mol. The number of amidine groups is 1. The molecule has 1 fully saturated rings. The zero-order valence-corrected chi connectivity index (χ0v) is 26.1. The highest BCUT2D eigenvalue weighted by Gasteiger charge is 2.26. The van der Waals surface area contributed by atoms with Crippen LogP contribution in [0.25, 0.3) is 6.08 Å². The lowest BCUT2D eigenvalue weighted by atomic mass is 9.93. The predicted octanol–water partition coefficient (Wildman–Crippen LogP) is 2.05. The molecule has 0 spiro atoms. The first kappa shape index (κ1) is 33.9. The number of amides is 4. The molecule has 9 N–H and O–H groups in total. The molecule has 1 unspecified atom stereocenters. The number of hydrogen-bond donors (Lipinski definition) is 7. The monoisotopic (exact) mass is 633 g/mol. The van der Waals surface area contributed by atoms with Gasteiger partial charge in [-0.1, -0.05) is 19.1 Å². The summed E-state index contributed by atoms with van der Waals surface area (Å²) in [6.07, 6.45) is 4.90. The molecule has 14 nitrogen and oxygen atoms in total. The highest BCUT2D eigenvalue weighted by Crippen LogP contribution is 2.32. The molecule has 4 amide bonds. The molecule has 246 valence electrons. The second-order valence-corrected chi connectivity index (χ2v) is 11.3. The number of fused-ring (bicyclic) bond motifs is 1. The maximum absolute atomic E-state index is 13.4. The van der Waals surface area contributed by atoms with Gasteiger partial charge in [0.05, 0.1) is 23.5 Å². The Balaban J connectivity index is 1.36. The number of rotatable bonds is 13. The lowest BCUT2D eigenvalue weighted by Crippen LogP contribution is -2.42. The van der Waals surface area contributed by atoms with Gasteiger partial charge in [0.25, 0.3) is 0 Å². The largest absolute Gasteiger partial charge is 0.465 e. The van der Waals surface area contributed by atoms with Gasteiger partial charge >= 0.3 is 6.09 Å². The Hall–Kier alpha value is -4.98. The fraction of sp³-hybridized carbons (Fsp3) is 0.438. The number of aromatic nitrogens is 1. The molecule has 1 aromatic heterocycles. The Labute approximate surface area is 268 Å². The van der Waals surface area contributed by atoms with Gasteiger partial charge in [0, 0.05) is 62.7 Å². The van der Waals surface area contributed by atoms with Crippen LogP contribution in [0.4, 0.5) is 22.0 Å². The number of pyridine rings is 1. The van der Waals surface area contributed by atoms with Crippen LogP contribution in [0.2, 0.25) is 0 Å². The average Bonchev–Trinajstić information content (AvgIpc) is 3.21. The molecule has 0 saturated carbocycles. The van der Waals surface area contributed by atoms with Crippen LogP contribution in [0.5, 0.6) is 0 Å². The van der Waals surface area contributed by atoms with E-state index in [9.17, 15) is 19.2 Å². The summed E-state index contributed by atoms with van der Waals surface area (Å²) >= 11 is 0. The van der Waals surface area contributed by atoms with E-state index in [4.69, 9.17) is 16.6 Å². The predicted molar refractivity (Wildman–Crippen MR) is 177 cm³/mol. The van der Waals surface area contributed by atoms with Gasteiger partial charge in [0.1, 0.15) is 11.7 Å². The van der Waals surface area contributed by atoms with Gasteiger partial charge in [-0.3, -0.25) is 14.4 Å². The number of hydrogen-bond acceptors (Lipinski definition) is 9. The lowest BCUT2D eigenvalue weighted by Gasteiger charge is -2.32. The molecule has 1 atom stereocenters. The number of benzene rings is 1. The van der Waals surface area contributed by atoms with Crippen molar-refractivity contribution in [1.29, 1.82) is 0 Å². The van der Waals surface area contributed by atoms with Crippen LogP contribution in [0, 0.1) is 5.92 Å². The molecule has 14 heteroatoms. The summed E-state index contributed by atoms with van der Waals surface area (Å²) < 4.78 is 0. The Bertz CT molecular complexity index is 1470. The zero-order chi connectivity index (χ0) is 33.1. The minimum Gasteiger partial charge on any atom is -0.465 e. The van der Waals surface area contributed by atoms with Crippen LogP contribution < -0.4 is 37.6 Å². The van der Waals surface area contributed by atoms with E-state index in [1.165, 1.54) is 0 Å². The normalized spacial score (nSPS) is 15.4. The van der Waals surface area contributed by atoms with Crippen molar-refractivity contribution in [1.82, 2.24) is 20.9 Å². The second kappa shape index (κ2) is 16.4. The summed E-state index contributed by atoms with van der Waals surface area (Å²) in [5, 5.41) is 19.5. The van der Waals surface area contributed by atoms with E-state index in [-0.39, 0.29) is 42.4 Å². The van der Waals surface area contributed by atoms with E-state index in [2.05, 4.69) is 36.1 Å². The number of nitrogens with two attached hydrogens (primary N) is 2. The van der Waals surface area contributed by atoms with Crippen molar-refractivity contribution >= 4 is 52.9 Å². The number of piperidine rings is 1. The van der Waals surface area contributed by atoms with Gasteiger partial charge in [0.15, 0.2) is 0 Å². The minimum absolute atomic E-state index is 0.0222. The molecule has 0 bridgehead atoms. The van der Waals surface area contributed by atoms with E-state index in [0.29, 0.717) is 55.0 Å². The Morgan fingerprint density at radius 3 is 2.48 bits per heavy atom. The SMILES string of the molecule is CCC(C(=O)Nc1ccc(N2CCC(C(=O)NCCN)CC2)nc1)c1ccc2c(c1)N=C(N)CC(C(=O)NCCCNC(=O)O)=C2. The molecule has 1 saturated heterocycles. The first-order valence-electron chi connectivity index (χ1n) is 15.6. The first-order chi connectivity index (χ1) is 22.2. The topological polar surface area (TPSA) is 217 Å². The maximum Gasteiger partial charge on any atom is 0.404 e. The van der Waals surface area contributed by atoms with Crippen molar-refractivity contribution in [3.05, 3.63) is 53.2 Å². The molecular formula is C32H43N9O5. The van der Waals surface area contributed by atoms with E-state index in [0.717, 1.165) is 37.3 Å². The van der Waals surface area contributed by atoms with E-state index < -0.39 is 12.0 Å². The van der Waals surface area contributed by atoms with Crippen molar-refractivity contribution in [2.75, 3.05) is 49.5 Å². The van der Waals surface area contributed by atoms with Gasteiger partial charge in [-0.25, -0.2) is 14.8 Å². The number of aliphatic imine (C=N–C) groups is 1. The standard InChI is InChI=1S/C32H43N9O5/c1-2-25(31(44)39-24-6-7-28(38-19-24)41-14-8-20(9-15-41)29(42)36-13-10-33)21-4-5-22-16-23(18-27(34)40-26(22)17-21)30(43)35-11-3-12-37-32(45)46/h4-7,16-17,19-20,25,37H,2-3,8-15,18,33H2,1H3,(H2,34,40)(H,35,43)(H,36,42)(H,39,44)(H,45,46). The number of carbonyl (C=O) groups excluding carboxylic acids is 3. The van der Waals surface area contributed by atoms with Crippen LogP contribution in [-0.4, -0.2) is 79.0 Å². The Kier molecular flexibility index (Phi) is 12.1. The molecule has 2 aromatic rings. The summed E-state index contributed by atoms with van der Waals surface area (Å²) in [5.74, 6) is 0.157. The first-order valence-corrected chi connectivity index (χ1v) is 15.6. The Morgan fingerprint density at radius 1 is 1.04 bits per heavy atom. The van der Waals surface area contributed by atoms with Gasteiger partial charge in [-0.05, 0) is 55.5 Å². The summed E-state index contributed by atoms with van der Waals surface area (Å²) in [4.78, 5) is 60.2. The fourth-order valence-corrected chi connectivity index (χ4v) is 5.53. The summed E-state index contributed by atoms with van der Waals surface area (Å²) in [6, 6.07) is 9.21. The third-order valence-corrected chi connectivity index (χ3v) is 8.00. The molecule has 2 aliphatic rings. The third-order valence-electron chi connectivity index (χ3n) is 8.00. The molecule has 1 aromatic carbocycles. The van der Waals surface area contributed by atoms with Crippen LogP contribution in [-0.2, 0) is 14.4 Å². The van der Waals surface area contributed by atoms with E-state index in [1.54, 1.807) is 12.3 Å². The molecule has 2 aliphatic heterocycles. The summed E-state index contributed by atoms with van der Waals surface area (Å²) in [7, 11) is 0. The molecule has 4 rings (SSSR count). The van der Waals surface area contributed by atoms with Crippen LogP contribution >= 0.6 is 0 Å². The number of carbonyl (C=O) groups is 4. The van der Waals surface area contributed by atoms with Gasteiger partial charge in [0.2, 0.25) is 17.7 Å². The van der Waals surface area contributed by atoms with E-state index >= 15 is 0 Å². The van der Waals surface area contributed by atoms with Crippen molar-refractivity contribution in [3.8, 4) is 0 Å². The fourth-order valence-electron chi connectivity index (χ4n) is 5.53. The number of anilines is 2. The number of nitrogens with zero attached hydrogens (tertiary/aromatic N) is 3. The zero-order valence-electron chi connectivity index (χ0n) is 26.1. The quantitative estimate of drug-likeness (QED) is 0.160. The molecular weight excluding hydrogens is 590 g/mol. The molecule has 3 heterocycles. The minimum atomic E-state index is -1.11. The second-order valence-electron chi connectivity index (χ2n) is 11.3. The lowest BCUT2D eigenvalue weighted by molar-refractivity contribution is -0.125. The van der Waals surface area contributed by atoms with Gasteiger partial charge < -0.3 is 42.7 Å². The van der Waals surface area contributed by atoms with Crippen LogP contribution in [0.3, 0.4) is 0 Å². The smallest absolute Gasteiger partial charge is 0.404 e. The van der Waals surface area contributed by atoms with Crippen LogP contribution in [0.15, 0.2) is 47.1 Å². The van der Waals surface area contributed by atoms with Crippen molar-refractivity contribution in [2.24, 2.45) is 22.4 Å². The highest BCUT2D eigenvalue weighted by molar-refractivity contribution is 6.05. The van der Waals surface area contributed by atoms with Crippen molar-refractivity contribution in [3.63, 3.8) is 0 Å². The molecule has 0 aliphatic carbocycles. The number of carboxylic acid groups (broad SMARTS) is 1. The van der Waals surface area contributed by atoms with Crippen molar-refractivity contribution in [2.45, 2.75) is 44.9 Å². The Morgan fingerprint density at radius 2 is 1.80 bits per heavy atom. The van der Waals surface area contributed by atoms with Gasteiger partial charge in [-0.2, -0.15) is 0 Å². The third kappa shape index (κ3) is 9.27. The van der Waals surface area contributed by atoms with E-state index in [1.807, 2.05) is 37.3 Å². The summed E-state index contributed by atoms with van der Waals surface area (Å²) in [5.41, 5.74) is 14.7. The van der Waals surface area contributed by atoms with Gasteiger partial charge in [-0.15, -0.1) is 0 Å². The molecule has 0 radical (unpaired) electrons. The summed E-state index contributed by atoms with van der Waals surface area (Å²) in [6.45, 7) is 4.82. The molecule has 46 heavy (non-hydrogen) atoms. The van der Waals surface area contributed by atoms with Crippen molar-refractivity contribution < 1.29 is 24.3 Å².